The van der Waals surface area contributed by atoms with Crippen LogP contribution in [0.25, 0.3) is 0 Å². The molecule has 0 aromatic carbocycles. The molecule has 1 fully saturated rings. The van der Waals surface area contributed by atoms with Gasteiger partial charge in [-0.15, -0.1) is 5.10 Å². The summed E-state index contributed by atoms with van der Waals surface area (Å²) in [4.78, 5) is 2.21. The van der Waals surface area contributed by atoms with Gasteiger partial charge in [0.05, 0.1) is 6.04 Å². The van der Waals surface area contributed by atoms with Crippen LogP contribution < -0.4 is 10.2 Å². The molecule has 102 valence electrons. The molecule has 1 N–H and O–H groups in total. The van der Waals surface area contributed by atoms with E-state index in [0.29, 0.717) is 17.2 Å². The molecule has 0 saturated carbocycles. The van der Waals surface area contributed by atoms with Crippen molar-refractivity contribution in [2.75, 3.05) is 30.3 Å². The fourth-order valence-corrected chi connectivity index (χ4v) is 3.24. The van der Waals surface area contributed by atoms with E-state index in [0.717, 1.165) is 25.4 Å². The van der Waals surface area contributed by atoms with Crippen molar-refractivity contribution >= 4 is 17.8 Å². The van der Waals surface area contributed by atoms with Crippen LogP contribution in [0.4, 0.5) is 6.01 Å². The number of hydrogen-bond donors (Lipinski definition) is 1. The lowest BCUT2D eigenvalue weighted by Crippen LogP contribution is -2.37. The van der Waals surface area contributed by atoms with Crippen LogP contribution in [0.3, 0.4) is 0 Å². The van der Waals surface area contributed by atoms with Crippen molar-refractivity contribution < 1.29 is 4.42 Å². The summed E-state index contributed by atoms with van der Waals surface area (Å²) < 4.78 is 5.76. The maximum Gasteiger partial charge on any atom is 0.318 e. The highest BCUT2D eigenvalue weighted by Gasteiger charge is 2.23. The van der Waals surface area contributed by atoms with E-state index in [2.05, 4.69) is 34.3 Å². The maximum atomic E-state index is 5.76. The van der Waals surface area contributed by atoms with E-state index in [4.69, 9.17) is 4.42 Å². The van der Waals surface area contributed by atoms with Gasteiger partial charge in [-0.25, -0.2) is 0 Å². The smallest absolute Gasteiger partial charge is 0.318 e. The standard InChI is InChI=1S/C12H22N4OS/c1-4-10-8-16(6-7-18-10)12-15-14-11(17-12)9(3)13-5-2/h9-10,13H,4-8H2,1-3H3. The molecular formula is C12H22N4OS. The molecule has 2 rings (SSSR count). The Hall–Kier alpha value is -0.750. The first-order valence-electron chi connectivity index (χ1n) is 6.67. The summed E-state index contributed by atoms with van der Waals surface area (Å²) in [6.07, 6.45) is 1.19. The van der Waals surface area contributed by atoms with Crippen molar-refractivity contribution in [3.63, 3.8) is 0 Å². The SMILES string of the molecule is CCNC(C)c1nnc(N2CCSC(CC)C2)o1. The first kappa shape index (κ1) is 13.7. The van der Waals surface area contributed by atoms with Gasteiger partial charge in [-0.3, -0.25) is 0 Å². The van der Waals surface area contributed by atoms with Gasteiger partial charge in [0.15, 0.2) is 0 Å². The zero-order valence-electron chi connectivity index (χ0n) is 11.3. The summed E-state index contributed by atoms with van der Waals surface area (Å²) >= 11 is 2.04. The summed E-state index contributed by atoms with van der Waals surface area (Å²) in [7, 11) is 0. The predicted molar refractivity (Wildman–Crippen MR) is 75.1 cm³/mol. The monoisotopic (exact) mass is 270 g/mol. The molecule has 0 bridgehead atoms. The van der Waals surface area contributed by atoms with Crippen molar-refractivity contribution in [3.05, 3.63) is 5.89 Å². The van der Waals surface area contributed by atoms with Crippen LogP contribution in [-0.4, -0.2) is 40.8 Å². The van der Waals surface area contributed by atoms with Gasteiger partial charge in [0.2, 0.25) is 5.89 Å². The molecule has 1 aromatic heterocycles. The van der Waals surface area contributed by atoms with Crippen LogP contribution in [0, 0.1) is 0 Å². The second-order valence-corrected chi connectivity index (χ2v) is 5.96. The number of hydrogen-bond acceptors (Lipinski definition) is 6. The minimum atomic E-state index is 0.123. The molecule has 1 aliphatic heterocycles. The Morgan fingerprint density at radius 1 is 1.50 bits per heavy atom. The lowest BCUT2D eigenvalue weighted by molar-refractivity contribution is 0.418. The third-order valence-corrected chi connectivity index (χ3v) is 4.55. The van der Waals surface area contributed by atoms with Crippen LogP contribution in [0.15, 0.2) is 4.42 Å². The number of aromatic nitrogens is 2. The van der Waals surface area contributed by atoms with Crippen molar-refractivity contribution in [1.29, 1.82) is 0 Å². The zero-order valence-corrected chi connectivity index (χ0v) is 12.2. The van der Waals surface area contributed by atoms with Gasteiger partial charge in [-0.2, -0.15) is 11.8 Å². The second kappa shape index (κ2) is 6.43. The van der Waals surface area contributed by atoms with E-state index in [1.807, 2.05) is 18.7 Å². The van der Waals surface area contributed by atoms with Crippen LogP contribution in [0.1, 0.15) is 39.1 Å². The van der Waals surface area contributed by atoms with E-state index in [1.165, 1.54) is 6.42 Å². The Balaban J connectivity index is 2.00. The fourth-order valence-electron chi connectivity index (χ4n) is 2.06. The van der Waals surface area contributed by atoms with Gasteiger partial charge in [-0.1, -0.05) is 18.9 Å². The molecule has 2 unspecified atom stereocenters. The first-order valence-corrected chi connectivity index (χ1v) is 7.72. The summed E-state index contributed by atoms with van der Waals surface area (Å²) in [5.74, 6) is 1.82. The van der Waals surface area contributed by atoms with Crippen molar-refractivity contribution in [1.82, 2.24) is 15.5 Å². The third kappa shape index (κ3) is 3.17. The largest absolute Gasteiger partial charge is 0.406 e. The fraction of sp³-hybridized carbons (Fsp3) is 0.833. The molecule has 1 aliphatic rings. The number of thioether (sulfide) groups is 1. The van der Waals surface area contributed by atoms with E-state index >= 15 is 0 Å². The Kier molecular flexibility index (Phi) is 4.88. The number of rotatable bonds is 5. The number of anilines is 1. The minimum absolute atomic E-state index is 0.123. The van der Waals surface area contributed by atoms with Gasteiger partial charge in [-0.05, 0) is 19.9 Å². The third-order valence-electron chi connectivity index (χ3n) is 3.18. The minimum Gasteiger partial charge on any atom is -0.406 e. The lowest BCUT2D eigenvalue weighted by atomic mass is 10.3. The van der Waals surface area contributed by atoms with Crippen molar-refractivity contribution in [3.8, 4) is 0 Å². The predicted octanol–water partition coefficient (Wildman–Crippen LogP) is 2.07. The summed E-state index contributed by atoms with van der Waals surface area (Å²) in [5, 5.41) is 12.3. The van der Waals surface area contributed by atoms with Gasteiger partial charge in [0.1, 0.15) is 0 Å². The topological polar surface area (TPSA) is 54.2 Å². The van der Waals surface area contributed by atoms with E-state index in [9.17, 15) is 0 Å². The van der Waals surface area contributed by atoms with Crippen LogP contribution in [-0.2, 0) is 0 Å². The Morgan fingerprint density at radius 2 is 2.33 bits per heavy atom. The molecule has 0 amide bonds. The molecule has 6 heteroatoms. The molecule has 0 spiro atoms. The second-order valence-electron chi connectivity index (χ2n) is 4.55. The molecule has 18 heavy (non-hydrogen) atoms. The highest BCUT2D eigenvalue weighted by molar-refractivity contribution is 8.00. The highest BCUT2D eigenvalue weighted by Crippen LogP contribution is 2.25. The molecule has 2 heterocycles. The van der Waals surface area contributed by atoms with Crippen LogP contribution in [0.2, 0.25) is 0 Å². The Bertz CT molecular complexity index is 371. The van der Waals surface area contributed by atoms with Gasteiger partial charge in [0.25, 0.3) is 0 Å². The normalized spacial score (nSPS) is 22.2. The summed E-state index contributed by atoms with van der Waals surface area (Å²) in [6.45, 7) is 9.25. The number of nitrogens with one attached hydrogen (secondary N) is 1. The molecule has 0 radical (unpaired) electrons. The van der Waals surface area contributed by atoms with Crippen molar-refractivity contribution in [2.24, 2.45) is 0 Å². The average Bonchev–Trinajstić information content (AvgIpc) is 2.89. The van der Waals surface area contributed by atoms with E-state index < -0.39 is 0 Å². The highest BCUT2D eigenvalue weighted by atomic mass is 32.2. The molecular weight excluding hydrogens is 248 g/mol. The van der Waals surface area contributed by atoms with Crippen molar-refractivity contribution in [2.45, 2.75) is 38.5 Å². The Morgan fingerprint density at radius 3 is 3.06 bits per heavy atom. The summed E-state index contributed by atoms with van der Waals surface area (Å²) in [5.41, 5.74) is 0. The molecule has 1 saturated heterocycles. The number of nitrogens with zero attached hydrogens (tertiary/aromatic N) is 3. The first-order chi connectivity index (χ1) is 8.74. The van der Waals surface area contributed by atoms with Crippen LogP contribution in [0.5, 0.6) is 0 Å². The average molecular weight is 270 g/mol. The van der Waals surface area contributed by atoms with E-state index in [-0.39, 0.29) is 6.04 Å². The summed E-state index contributed by atoms with van der Waals surface area (Å²) in [6, 6.07) is 0.797. The molecule has 5 nitrogen and oxygen atoms in total. The molecule has 0 aliphatic carbocycles. The molecule has 1 aromatic rings. The molecule has 2 atom stereocenters. The van der Waals surface area contributed by atoms with Gasteiger partial charge >= 0.3 is 6.01 Å². The van der Waals surface area contributed by atoms with Gasteiger partial charge < -0.3 is 14.6 Å². The maximum absolute atomic E-state index is 5.76. The Labute approximate surface area is 113 Å². The quantitative estimate of drug-likeness (QED) is 0.884. The van der Waals surface area contributed by atoms with E-state index in [1.54, 1.807) is 0 Å². The zero-order chi connectivity index (χ0) is 13.0. The lowest BCUT2D eigenvalue weighted by Gasteiger charge is -2.30. The van der Waals surface area contributed by atoms with Gasteiger partial charge in [0, 0.05) is 24.1 Å². The van der Waals surface area contributed by atoms with Crippen LogP contribution >= 0.6 is 11.8 Å².